The molecule has 1 aromatic heterocycles. The van der Waals surface area contributed by atoms with Crippen molar-refractivity contribution in [3.05, 3.63) is 82.1 Å². The fourth-order valence-electron chi connectivity index (χ4n) is 5.29. The second-order valence-corrected chi connectivity index (χ2v) is 17.1. The number of pyridine rings is 1. The van der Waals surface area contributed by atoms with E-state index in [-0.39, 0.29) is 44.8 Å². The first-order chi connectivity index (χ1) is 22.3. The van der Waals surface area contributed by atoms with E-state index in [1.807, 2.05) is 20.8 Å². The minimum Gasteiger partial charge on any atom is -0.480 e. The van der Waals surface area contributed by atoms with Gasteiger partial charge in [-0.3, -0.25) is 14.6 Å². The van der Waals surface area contributed by atoms with Crippen molar-refractivity contribution < 1.29 is 36.3 Å². The van der Waals surface area contributed by atoms with Crippen LogP contribution in [0.1, 0.15) is 43.1 Å². The summed E-state index contributed by atoms with van der Waals surface area (Å²) in [6.45, 7) is 5.47. The molecule has 2 aromatic carbocycles. The first-order valence-electron chi connectivity index (χ1n) is 14.6. The number of sulfonamides is 1. The van der Waals surface area contributed by atoms with Gasteiger partial charge >= 0.3 is 5.97 Å². The molecule has 0 radical (unpaired) electrons. The number of anilines is 1. The van der Waals surface area contributed by atoms with E-state index >= 15 is 0 Å². The summed E-state index contributed by atoms with van der Waals surface area (Å²) in [5.74, 6) is -2.76. The van der Waals surface area contributed by atoms with Crippen molar-refractivity contribution in [2.24, 2.45) is 0 Å². The van der Waals surface area contributed by atoms with E-state index in [4.69, 9.17) is 23.2 Å². The smallest absolute Gasteiger partial charge is 0.326 e. The number of halogens is 2. The van der Waals surface area contributed by atoms with E-state index in [2.05, 4.69) is 20.9 Å². The minimum absolute atomic E-state index is 0.0383. The largest absolute Gasteiger partial charge is 0.480 e. The lowest BCUT2D eigenvalue weighted by Gasteiger charge is -2.32. The minimum atomic E-state index is -4.39. The van der Waals surface area contributed by atoms with Gasteiger partial charge in [-0.15, -0.1) is 0 Å². The number of hydrogen-bond donors (Lipinski definition) is 4. The van der Waals surface area contributed by atoms with Crippen LogP contribution in [0.25, 0.3) is 0 Å². The number of carboxylic acid groups (broad SMARTS) is 1. The van der Waals surface area contributed by atoms with Crippen molar-refractivity contribution in [2.45, 2.75) is 67.1 Å². The number of aliphatic carboxylic acids is 1. The highest BCUT2D eigenvalue weighted by molar-refractivity contribution is 7.91. The highest BCUT2D eigenvalue weighted by Crippen LogP contribution is 2.30. The summed E-state index contributed by atoms with van der Waals surface area (Å²) in [5, 5.41) is 18.6. The molecule has 0 spiro atoms. The number of carbonyl (C=O) groups excluding carboxylic acids is 2. The van der Waals surface area contributed by atoms with Crippen LogP contribution >= 0.6 is 23.2 Å². The molecule has 3 aromatic rings. The molecule has 0 aliphatic carbocycles. The molecule has 0 saturated carbocycles. The van der Waals surface area contributed by atoms with Gasteiger partial charge in [-0.25, -0.2) is 21.6 Å². The Bertz CT molecular complexity index is 1910. The molecule has 1 fully saturated rings. The van der Waals surface area contributed by atoms with Crippen LogP contribution < -0.4 is 16.0 Å². The quantitative estimate of drug-likeness (QED) is 0.227. The van der Waals surface area contributed by atoms with Crippen molar-refractivity contribution >= 4 is 66.5 Å². The number of nitrogens with one attached hydrogen (secondary N) is 3. The summed E-state index contributed by atoms with van der Waals surface area (Å²) >= 11 is 12.1. The number of sulfone groups is 1. The Hall–Kier alpha value is -3.60. The van der Waals surface area contributed by atoms with Gasteiger partial charge in [-0.05, 0) is 63.1 Å². The van der Waals surface area contributed by atoms with Crippen LogP contribution in [0.2, 0.25) is 10.0 Å². The number of carbonyl (C=O) groups is 3. The highest BCUT2D eigenvalue weighted by atomic mass is 35.5. The monoisotopic (exact) mass is 739 g/mol. The maximum Gasteiger partial charge on any atom is 0.326 e. The topological polar surface area (TPSA) is 192 Å². The van der Waals surface area contributed by atoms with Crippen molar-refractivity contribution in [3.8, 4) is 0 Å². The Kier molecular flexibility index (Phi) is 11.2. The van der Waals surface area contributed by atoms with Gasteiger partial charge in [0.15, 0.2) is 9.84 Å². The van der Waals surface area contributed by atoms with E-state index in [9.17, 15) is 36.3 Å². The Morgan fingerprint density at radius 2 is 1.60 bits per heavy atom. The molecule has 3 atom stereocenters. The SMILES string of the molecule is CC(C)(C)N[C@H]1CCN(S(=O)(=O)c2cccc(S(C)(=O)=O)c2)C1C(=O)N[C@@H](Cc1ccc(NC(=O)c2c(Cl)cncc2Cl)cc1)C(=O)O. The summed E-state index contributed by atoms with van der Waals surface area (Å²) in [5.41, 5.74) is 0.373. The van der Waals surface area contributed by atoms with Gasteiger partial charge in [0.2, 0.25) is 15.9 Å². The van der Waals surface area contributed by atoms with Gasteiger partial charge in [-0.1, -0.05) is 41.4 Å². The van der Waals surface area contributed by atoms with Gasteiger partial charge < -0.3 is 21.1 Å². The van der Waals surface area contributed by atoms with Crippen LogP contribution in [0.3, 0.4) is 0 Å². The Balaban J connectivity index is 1.56. The third-order valence-corrected chi connectivity index (χ3v) is 11.0. The van der Waals surface area contributed by atoms with Crippen molar-refractivity contribution in [1.29, 1.82) is 0 Å². The molecule has 1 saturated heterocycles. The van der Waals surface area contributed by atoms with Gasteiger partial charge in [0.1, 0.15) is 12.1 Å². The number of rotatable bonds is 11. The molecule has 258 valence electrons. The standard InChI is InChI=1S/C31H35Cl2N5O8S2/c1-31(2,3)37-24-12-13-38(48(45,46)21-7-5-6-20(15-21)47(4,43)44)27(24)29(40)36-25(30(41)42)14-18-8-10-19(11-9-18)35-28(39)26-22(32)16-34-17-23(26)33/h5-11,15-17,24-25,27,37H,12-14H2,1-4H3,(H,35,39)(H,36,40)(H,41,42)/t24-,25-,27?/m0/s1. The van der Waals surface area contributed by atoms with Crippen LogP contribution in [-0.2, 0) is 35.9 Å². The number of aromatic nitrogens is 1. The zero-order chi connectivity index (χ0) is 35.6. The number of hydrogen-bond acceptors (Lipinski definition) is 9. The van der Waals surface area contributed by atoms with Crippen LogP contribution in [0.4, 0.5) is 5.69 Å². The van der Waals surface area contributed by atoms with E-state index in [1.54, 1.807) is 12.1 Å². The average Bonchev–Trinajstić information content (AvgIpc) is 3.40. The normalized spacial score (nSPS) is 17.9. The second-order valence-electron chi connectivity index (χ2n) is 12.3. The van der Waals surface area contributed by atoms with Crippen LogP contribution in [0, 0.1) is 0 Å². The first-order valence-corrected chi connectivity index (χ1v) is 18.7. The van der Waals surface area contributed by atoms with E-state index < -0.39 is 61.3 Å². The van der Waals surface area contributed by atoms with Crippen LogP contribution in [0.15, 0.2) is 70.7 Å². The Morgan fingerprint density at radius 3 is 2.17 bits per heavy atom. The lowest BCUT2D eigenvalue weighted by atomic mass is 10.0. The maximum atomic E-state index is 13.8. The molecule has 1 unspecified atom stereocenters. The predicted molar refractivity (Wildman–Crippen MR) is 180 cm³/mol. The predicted octanol–water partition coefficient (Wildman–Crippen LogP) is 3.38. The zero-order valence-electron chi connectivity index (χ0n) is 26.4. The van der Waals surface area contributed by atoms with E-state index in [0.29, 0.717) is 11.3 Å². The summed E-state index contributed by atoms with van der Waals surface area (Å²) < 4.78 is 52.9. The zero-order valence-corrected chi connectivity index (χ0v) is 29.5. The fraction of sp³-hybridized carbons (Fsp3) is 0.355. The van der Waals surface area contributed by atoms with E-state index in [1.165, 1.54) is 42.7 Å². The lowest BCUT2D eigenvalue weighted by molar-refractivity contribution is -0.142. The average molecular weight is 741 g/mol. The number of carboxylic acids is 1. The summed E-state index contributed by atoms with van der Waals surface area (Å²) in [6, 6.07) is 7.60. The van der Waals surface area contributed by atoms with Gasteiger partial charge in [0.05, 0.1) is 25.4 Å². The van der Waals surface area contributed by atoms with Gasteiger partial charge in [-0.2, -0.15) is 4.31 Å². The first kappa shape index (κ1) is 37.2. The molecule has 0 bridgehead atoms. The lowest BCUT2D eigenvalue weighted by Crippen LogP contribution is -2.59. The van der Waals surface area contributed by atoms with E-state index in [0.717, 1.165) is 16.6 Å². The molecule has 2 amide bonds. The third-order valence-electron chi connectivity index (χ3n) is 7.43. The maximum absolute atomic E-state index is 13.8. The van der Waals surface area contributed by atoms with Crippen LogP contribution in [0.5, 0.6) is 0 Å². The summed E-state index contributed by atoms with van der Waals surface area (Å²) in [4.78, 5) is 42.2. The molecule has 4 N–H and O–H groups in total. The summed E-state index contributed by atoms with van der Waals surface area (Å²) in [7, 11) is -8.12. The highest BCUT2D eigenvalue weighted by Gasteiger charge is 2.47. The van der Waals surface area contributed by atoms with Gasteiger partial charge in [0, 0.05) is 48.9 Å². The van der Waals surface area contributed by atoms with Crippen molar-refractivity contribution in [3.63, 3.8) is 0 Å². The molecule has 4 rings (SSSR count). The molecular weight excluding hydrogens is 705 g/mol. The fourth-order valence-corrected chi connectivity index (χ4v) is 8.26. The number of amides is 2. The van der Waals surface area contributed by atoms with Crippen LogP contribution in [-0.4, -0.2) is 85.5 Å². The summed E-state index contributed by atoms with van der Waals surface area (Å²) in [6.07, 6.45) is 3.60. The molecule has 2 heterocycles. The molecule has 1 aliphatic heterocycles. The number of benzene rings is 2. The Morgan fingerprint density at radius 1 is 1.00 bits per heavy atom. The molecule has 1 aliphatic rings. The van der Waals surface area contributed by atoms with Crippen molar-refractivity contribution in [2.75, 3.05) is 18.1 Å². The molecular formula is C31H35Cl2N5O8S2. The van der Waals surface area contributed by atoms with Crippen molar-refractivity contribution in [1.82, 2.24) is 19.9 Å². The second kappa shape index (κ2) is 14.5. The molecule has 13 nitrogen and oxygen atoms in total. The Labute approximate surface area is 289 Å². The molecule has 17 heteroatoms. The third kappa shape index (κ3) is 8.89. The number of nitrogens with zero attached hydrogens (tertiary/aromatic N) is 2. The molecule has 48 heavy (non-hydrogen) atoms. The van der Waals surface area contributed by atoms with Gasteiger partial charge in [0.25, 0.3) is 5.91 Å².